The molecule has 6 rings (SSSR count). The molecule has 0 saturated carbocycles. The second-order valence-corrected chi connectivity index (χ2v) is 10.9. The molecule has 0 spiro atoms. The molecular formula is C36H30ClN3O. The molecule has 0 atom stereocenters. The molecule has 1 amide bonds. The van der Waals surface area contributed by atoms with E-state index in [4.69, 9.17) is 17.3 Å². The fourth-order valence-electron chi connectivity index (χ4n) is 5.49. The molecule has 5 aromatic carbocycles. The number of benzene rings is 5. The Morgan fingerprint density at radius 3 is 1.88 bits per heavy atom. The third-order valence-electron chi connectivity index (χ3n) is 7.49. The molecular weight excluding hydrogens is 526 g/mol. The van der Waals surface area contributed by atoms with E-state index in [1.165, 1.54) is 11.1 Å². The lowest BCUT2D eigenvalue weighted by atomic mass is 9.80. The second kappa shape index (κ2) is 11.5. The topological polar surface area (TPSA) is 67.1 Å². The van der Waals surface area contributed by atoms with E-state index in [1.54, 1.807) is 12.1 Å². The zero-order chi connectivity index (χ0) is 28.2. The summed E-state index contributed by atoms with van der Waals surface area (Å²) in [5.41, 5.74) is 14.6. The third-order valence-corrected chi connectivity index (χ3v) is 7.73. The van der Waals surface area contributed by atoms with Crippen LogP contribution in [0.4, 0.5) is 11.4 Å². The quantitative estimate of drug-likeness (QED) is 0.170. The molecule has 0 fully saturated rings. The predicted octanol–water partition coefficient (Wildman–Crippen LogP) is 7.91. The van der Waals surface area contributed by atoms with Gasteiger partial charge in [-0.2, -0.15) is 0 Å². The van der Waals surface area contributed by atoms with Gasteiger partial charge in [-0.05, 0) is 59.4 Å². The van der Waals surface area contributed by atoms with Crippen molar-refractivity contribution in [2.24, 2.45) is 5.73 Å². The molecule has 5 heteroatoms. The molecule has 0 bridgehead atoms. The van der Waals surface area contributed by atoms with Gasteiger partial charge in [0.2, 0.25) is 0 Å². The highest BCUT2D eigenvalue weighted by atomic mass is 35.5. The number of anilines is 2. The first-order valence-corrected chi connectivity index (χ1v) is 14.0. The lowest BCUT2D eigenvalue weighted by Gasteiger charge is -2.31. The van der Waals surface area contributed by atoms with Gasteiger partial charge in [0.1, 0.15) is 0 Å². The maximum atomic E-state index is 13.2. The monoisotopic (exact) mass is 555 g/mol. The molecule has 0 saturated heterocycles. The average Bonchev–Trinajstić information content (AvgIpc) is 3.32. The Balaban J connectivity index is 1.37. The largest absolute Gasteiger partial charge is 0.354 e. The normalized spacial score (nSPS) is 13.9. The van der Waals surface area contributed by atoms with Gasteiger partial charge < -0.3 is 16.4 Å². The number of hydrogen-bond donors (Lipinski definition) is 3. The number of nitrogens with two attached hydrogens (primary N) is 1. The van der Waals surface area contributed by atoms with Crippen molar-refractivity contribution in [2.45, 2.75) is 18.4 Å². The van der Waals surface area contributed by atoms with Crippen molar-refractivity contribution in [1.29, 1.82) is 0 Å². The number of nitrogens with one attached hydrogen (secondary N) is 2. The van der Waals surface area contributed by atoms with Crippen LogP contribution < -0.4 is 16.4 Å². The van der Waals surface area contributed by atoms with Crippen molar-refractivity contribution in [3.63, 3.8) is 0 Å². The molecule has 41 heavy (non-hydrogen) atoms. The maximum Gasteiger partial charge on any atom is 0.258 e. The van der Waals surface area contributed by atoms with Crippen LogP contribution in [0.25, 0.3) is 11.3 Å². The number of rotatable bonds is 8. The van der Waals surface area contributed by atoms with Gasteiger partial charge in [0, 0.05) is 21.8 Å². The number of carbonyl (C=O) groups excluding carboxylic acids is 1. The second-order valence-electron chi connectivity index (χ2n) is 10.4. The van der Waals surface area contributed by atoms with Crippen LogP contribution in [0.1, 0.15) is 27.8 Å². The van der Waals surface area contributed by atoms with Gasteiger partial charge in [-0.15, -0.1) is 0 Å². The Hall–Kier alpha value is -4.64. The Morgan fingerprint density at radius 1 is 0.732 bits per heavy atom. The molecule has 202 valence electrons. The molecule has 4 nitrogen and oxygen atoms in total. The van der Waals surface area contributed by atoms with Crippen LogP contribution in [0.15, 0.2) is 133 Å². The molecule has 0 unspecified atom stereocenters. The Labute approximate surface area is 245 Å². The summed E-state index contributed by atoms with van der Waals surface area (Å²) in [6.45, 7) is 0. The summed E-state index contributed by atoms with van der Waals surface area (Å²) in [6, 6.07) is 44.3. The van der Waals surface area contributed by atoms with Gasteiger partial charge in [0.15, 0.2) is 0 Å². The number of hydrogen-bond acceptors (Lipinski definition) is 3. The summed E-state index contributed by atoms with van der Waals surface area (Å²) < 4.78 is 0. The first kappa shape index (κ1) is 26.6. The molecule has 0 aliphatic carbocycles. The first-order chi connectivity index (χ1) is 20.0. The molecule has 1 aliphatic heterocycles. The van der Waals surface area contributed by atoms with E-state index >= 15 is 0 Å². The maximum absolute atomic E-state index is 13.2. The third kappa shape index (κ3) is 5.80. The molecule has 0 radical (unpaired) electrons. The van der Waals surface area contributed by atoms with Crippen molar-refractivity contribution in [3.8, 4) is 0 Å². The Morgan fingerprint density at radius 2 is 1.29 bits per heavy atom. The van der Waals surface area contributed by atoms with E-state index in [-0.39, 0.29) is 5.91 Å². The first-order valence-electron chi connectivity index (χ1n) is 13.6. The zero-order valence-electron chi connectivity index (χ0n) is 22.5. The summed E-state index contributed by atoms with van der Waals surface area (Å²) in [4.78, 5) is 13.2. The van der Waals surface area contributed by atoms with Crippen LogP contribution in [-0.2, 0) is 23.2 Å². The summed E-state index contributed by atoms with van der Waals surface area (Å²) in [7, 11) is 0. The van der Waals surface area contributed by atoms with Crippen LogP contribution in [0.5, 0.6) is 0 Å². The van der Waals surface area contributed by atoms with Crippen molar-refractivity contribution in [2.75, 3.05) is 10.6 Å². The van der Waals surface area contributed by atoms with E-state index in [1.807, 2.05) is 60.7 Å². The lowest BCUT2D eigenvalue weighted by Crippen LogP contribution is -2.41. The number of halogens is 1. The Kier molecular flexibility index (Phi) is 7.43. The smallest absolute Gasteiger partial charge is 0.258 e. The standard InChI is InChI=1S/C36H30ClN3O/c37-29-18-21-31-32(22-29)40-35(41)33(31)34(27-14-8-3-9-15-27)39-30-19-16-28(17-20-30)36(38,23-25-10-4-1-5-11-25)24-26-12-6-2-7-13-26/h1-22,39H,23-24,38H2,(H,40,41)/b34-33-. The van der Waals surface area contributed by atoms with E-state index < -0.39 is 5.54 Å². The van der Waals surface area contributed by atoms with Gasteiger partial charge in [0.05, 0.1) is 17.0 Å². The molecule has 1 aliphatic rings. The van der Waals surface area contributed by atoms with Crippen molar-refractivity contribution in [3.05, 3.63) is 166 Å². The average molecular weight is 556 g/mol. The van der Waals surface area contributed by atoms with Crippen LogP contribution in [0, 0.1) is 0 Å². The predicted molar refractivity (Wildman–Crippen MR) is 170 cm³/mol. The van der Waals surface area contributed by atoms with E-state index in [0.717, 1.165) is 28.1 Å². The number of fused-ring (bicyclic) bond motifs is 1. The molecule has 5 aromatic rings. The SMILES string of the molecule is NC(Cc1ccccc1)(Cc1ccccc1)c1ccc(N/C(=C2\C(=O)Nc3cc(Cl)ccc32)c2ccccc2)cc1. The van der Waals surface area contributed by atoms with E-state index in [9.17, 15) is 4.79 Å². The molecule has 4 N–H and O–H groups in total. The molecule has 1 heterocycles. The lowest BCUT2D eigenvalue weighted by molar-refractivity contribution is -0.110. The van der Waals surface area contributed by atoms with Crippen LogP contribution in [0.3, 0.4) is 0 Å². The fraction of sp³-hybridized carbons (Fsp3) is 0.0833. The van der Waals surface area contributed by atoms with E-state index in [2.05, 4.69) is 71.3 Å². The van der Waals surface area contributed by atoms with Crippen molar-refractivity contribution in [1.82, 2.24) is 0 Å². The summed E-state index contributed by atoms with van der Waals surface area (Å²) in [5, 5.41) is 7.08. The minimum atomic E-state index is -0.606. The molecule has 0 aromatic heterocycles. The minimum absolute atomic E-state index is 0.170. The zero-order valence-corrected chi connectivity index (χ0v) is 23.2. The Bertz CT molecular complexity index is 1660. The van der Waals surface area contributed by atoms with Gasteiger partial charge in [0.25, 0.3) is 5.91 Å². The highest BCUT2D eigenvalue weighted by molar-refractivity contribution is 6.38. The summed E-state index contributed by atoms with van der Waals surface area (Å²) >= 11 is 6.21. The van der Waals surface area contributed by atoms with Crippen molar-refractivity contribution < 1.29 is 4.79 Å². The highest BCUT2D eigenvalue weighted by Gasteiger charge is 2.30. The summed E-state index contributed by atoms with van der Waals surface area (Å²) in [6.07, 6.45) is 1.41. The van der Waals surface area contributed by atoms with Crippen LogP contribution in [0.2, 0.25) is 5.02 Å². The van der Waals surface area contributed by atoms with Gasteiger partial charge in [-0.3, -0.25) is 4.79 Å². The van der Waals surface area contributed by atoms with Gasteiger partial charge >= 0.3 is 0 Å². The minimum Gasteiger partial charge on any atom is -0.354 e. The van der Waals surface area contributed by atoms with Gasteiger partial charge in [-0.25, -0.2) is 0 Å². The van der Waals surface area contributed by atoms with E-state index in [0.29, 0.717) is 29.1 Å². The van der Waals surface area contributed by atoms with Crippen LogP contribution >= 0.6 is 11.6 Å². The van der Waals surface area contributed by atoms with Gasteiger partial charge in [-0.1, -0.05) is 121 Å². The van der Waals surface area contributed by atoms with Crippen molar-refractivity contribution >= 4 is 40.2 Å². The van der Waals surface area contributed by atoms with Crippen LogP contribution in [-0.4, -0.2) is 5.91 Å². The fourth-order valence-corrected chi connectivity index (χ4v) is 5.67. The number of amides is 1. The summed E-state index contributed by atoms with van der Waals surface area (Å²) in [5.74, 6) is -0.170. The number of carbonyl (C=O) groups is 1. The highest BCUT2D eigenvalue weighted by Crippen LogP contribution is 2.39.